The Kier molecular flexibility index (Phi) is 5.86. The smallest absolute Gasteiger partial charge is 0.255 e. The maximum absolute atomic E-state index is 12.9. The summed E-state index contributed by atoms with van der Waals surface area (Å²) >= 11 is 1.64. The van der Waals surface area contributed by atoms with Crippen LogP contribution in [0.5, 0.6) is 5.75 Å². The highest BCUT2D eigenvalue weighted by atomic mass is 32.2. The van der Waals surface area contributed by atoms with E-state index in [4.69, 9.17) is 4.74 Å². The number of carbonyl (C=O) groups excluding carboxylic acids is 2. The molecule has 0 bridgehead atoms. The molecular formula is C18H25N3O3S. The molecule has 0 aromatic heterocycles. The van der Waals surface area contributed by atoms with E-state index in [1.54, 1.807) is 48.0 Å². The molecule has 0 spiro atoms. The van der Waals surface area contributed by atoms with Gasteiger partial charge in [-0.15, -0.1) is 11.8 Å². The number of ether oxygens (including phenoxy) is 1. The van der Waals surface area contributed by atoms with Gasteiger partial charge in [0.25, 0.3) is 5.91 Å². The second-order valence-corrected chi connectivity index (χ2v) is 7.28. The first-order chi connectivity index (χ1) is 12.1. The molecule has 0 radical (unpaired) electrons. The Morgan fingerprint density at radius 3 is 2.44 bits per heavy atom. The molecular weight excluding hydrogens is 338 g/mol. The zero-order chi connectivity index (χ0) is 17.8. The van der Waals surface area contributed by atoms with Gasteiger partial charge in [-0.2, -0.15) is 0 Å². The van der Waals surface area contributed by atoms with Crippen molar-refractivity contribution in [2.45, 2.75) is 13.0 Å². The molecule has 0 saturated carbocycles. The van der Waals surface area contributed by atoms with E-state index >= 15 is 0 Å². The van der Waals surface area contributed by atoms with Crippen LogP contribution < -0.4 is 4.74 Å². The van der Waals surface area contributed by atoms with Crippen molar-refractivity contribution in [1.29, 1.82) is 0 Å². The summed E-state index contributed by atoms with van der Waals surface area (Å²) in [6.07, 6.45) is 0. The molecule has 2 fully saturated rings. The zero-order valence-corrected chi connectivity index (χ0v) is 15.6. The molecule has 1 aromatic carbocycles. The second kappa shape index (κ2) is 8.10. The number of methoxy groups -OCH3 is 1. The van der Waals surface area contributed by atoms with Gasteiger partial charge >= 0.3 is 0 Å². The van der Waals surface area contributed by atoms with Crippen molar-refractivity contribution in [3.05, 3.63) is 29.8 Å². The van der Waals surface area contributed by atoms with Gasteiger partial charge in [-0.3, -0.25) is 9.59 Å². The predicted octanol–water partition coefficient (Wildman–Crippen LogP) is 1.37. The number of rotatable bonds is 4. The lowest BCUT2D eigenvalue weighted by Crippen LogP contribution is -2.55. The number of benzene rings is 1. The number of piperazine rings is 1. The number of nitrogens with zero attached hydrogens (tertiary/aromatic N) is 3. The topological polar surface area (TPSA) is 53.1 Å². The van der Waals surface area contributed by atoms with Crippen molar-refractivity contribution in [2.75, 3.05) is 51.5 Å². The standard InChI is InChI=1S/C18H25N3O3S/c1-3-19-8-10-20(11-9-19)18(23)16-12-25-13-21(16)17(22)14-4-6-15(24-2)7-5-14/h4-7,16H,3,8-13H2,1-2H3. The summed E-state index contributed by atoms with van der Waals surface area (Å²) in [5, 5.41) is 0. The maximum Gasteiger partial charge on any atom is 0.255 e. The molecule has 2 saturated heterocycles. The quantitative estimate of drug-likeness (QED) is 0.809. The van der Waals surface area contributed by atoms with E-state index in [1.807, 2.05) is 4.90 Å². The minimum Gasteiger partial charge on any atom is -0.497 e. The van der Waals surface area contributed by atoms with Gasteiger partial charge in [0.2, 0.25) is 5.91 Å². The van der Waals surface area contributed by atoms with Crippen LogP contribution >= 0.6 is 11.8 Å². The number of thioether (sulfide) groups is 1. The number of hydrogen-bond acceptors (Lipinski definition) is 5. The van der Waals surface area contributed by atoms with E-state index in [0.29, 0.717) is 22.9 Å². The lowest BCUT2D eigenvalue weighted by atomic mass is 10.1. The minimum atomic E-state index is -0.354. The van der Waals surface area contributed by atoms with E-state index in [0.717, 1.165) is 32.7 Å². The summed E-state index contributed by atoms with van der Waals surface area (Å²) in [6, 6.07) is 6.71. The average molecular weight is 363 g/mol. The number of hydrogen-bond donors (Lipinski definition) is 0. The number of likely N-dealkylation sites (N-methyl/N-ethyl adjacent to an activating group) is 1. The van der Waals surface area contributed by atoms with Crippen LogP contribution in [-0.2, 0) is 4.79 Å². The van der Waals surface area contributed by atoms with Gasteiger partial charge in [0, 0.05) is 37.5 Å². The molecule has 0 N–H and O–H groups in total. The molecule has 2 aliphatic heterocycles. The SMILES string of the molecule is CCN1CCN(C(=O)C2CSCN2C(=O)c2ccc(OC)cc2)CC1. The largest absolute Gasteiger partial charge is 0.497 e. The zero-order valence-electron chi connectivity index (χ0n) is 14.8. The molecule has 1 aromatic rings. The van der Waals surface area contributed by atoms with Crippen molar-refractivity contribution in [3.63, 3.8) is 0 Å². The fourth-order valence-corrected chi connectivity index (χ4v) is 4.39. The average Bonchev–Trinajstić information content (AvgIpc) is 3.16. The Hall–Kier alpha value is -1.73. The third-order valence-electron chi connectivity index (χ3n) is 4.90. The molecule has 1 atom stereocenters. The van der Waals surface area contributed by atoms with Gasteiger partial charge in [0.05, 0.1) is 13.0 Å². The van der Waals surface area contributed by atoms with Crippen LogP contribution in [-0.4, -0.2) is 84.0 Å². The molecule has 2 amide bonds. The lowest BCUT2D eigenvalue weighted by Gasteiger charge is -2.36. The van der Waals surface area contributed by atoms with Gasteiger partial charge < -0.3 is 19.4 Å². The predicted molar refractivity (Wildman–Crippen MR) is 99.0 cm³/mol. The van der Waals surface area contributed by atoms with Gasteiger partial charge in [-0.05, 0) is 30.8 Å². The van der Waals surface area contributed by atoms with Gasteiger partial charge in [0.1, 0.15) is 11.8 Å². The summed E-state index contributed by atoms with van der Waals surface area (Å²) in [7, 11) is 1.60. The molecule has 0 aliphatic carbocycles. The monoisotopic (exact) mass is 363 g/mol. The van der Waals surface area contributed by atoms with Crippen molar-refractivity contribution in [3.8, 4) is 5.75 Å². The molecule has 136 valence electrons. The number of amides is 2. The van der Waals surface area contributed by atoms with Crippen LogP contribution in [0.15, 0.2) is 24.3 Å². The van der Waals surface area contributed by atoms with Crippen LogP contribution in [0.2, 0.25) is 0 Å². The highest BCUT2D eigenvalue weighted by Gasteiger charge is 2.38. The van der Waals surface area contributed by atoms with Crippen LogP contribution in [0, 0.1) is 0 Å². The van der Waals surface area contributed by atoms with E-state index < -0.39 is 0 Å². The summed E-state index contributed by atoms with van der Waals surface area (Å²) in [6.45, 7) is 6.48. The summed E-state index contributed by atoms with van der Waals surface area (Å²) in [5.74, 6) is 1.96. The van der Waals surface area contributed by atoms with Crippen molar-refractivity contribution in [1.82, 2.24) is 14.7 Å². The summed E-state index contributed by atoms with van der Waals surface area (Å²) in [5.41, 5.74) is 0.594. The molecule has 6 nitrogen and oxygen atoms in total. The first kappa shape index (κ1) is 18.1. The van der Waals surface area contributed by atoms with E-state index in [-0.39, 0.29) is 17.9 Å². The molecule has 2 heterocycles. The van der Waals surface area contributed by atoms with Crippen LogP contribution in [0.1, 0.15) is 17.3 Å². The Bertz CT molecular complexity index is 614. The van der Waals surface area contributed by atoms with Crippen molar-refractivity contribution < 1.29 is 14.3 Å². The van der Waals surface area contributed by atoms with E-state index in [2.05, 4.69) is 11.8 Å². The Labute approximate surface area is 153 Å². The fraction of sp³-hybridized carbons (Fsp3) is 0.556. The Morgan fingerprint density at radius 2 is 1.84 bits per heavy atom. The van der Waals surface area contributed by atoms with Gasteiger partial charge in [-0.1, -0.05) is 6.92 Å². The Balaban J connectivity index is 1.67. The van der Waals surface area contributed by atoms with Gasteiger partial charge in [-0.25, -0.2) is 0 Å². The van der Waals surface area contributed by atoms with Crippen molar-refractivity contribution in [2.24, 2.45) is 0 Å². The summed E-state index contributed by atoms with van der Waals surface area (Å²) < 4.78 is 5.14. The third kappa shape index (κ3) is 3.93. The second-order valence-electron chi connectivity index (χ2n) is 6.28. The maximum atomic E-state index is 12.9. The Morgan fingerprint density at radius 1 is 1.16 bits per heavy atom. The lowest BCUT2D eigenvalue weighted by molar-refractivity contribution is -0.136. The van der Waals surface area contributed by atoms with E-state index in [9.17, 15) is 9.59 Å². The summed E-state index contributed by atoms with van der Waals surface area (Å²) in [4.78, 5) is 31.7. The van der Waals surface area contributed by atoms with Crippen LogP contribution in [0.4, 0.5) is 0 Å². The fourth-order valence-electron chi connectivity index (χ4n) is 3.24. The minimum absolute atomic E-state index is 0.0850. The van der Waals surface area contributed by atoms with Gasteiger partial charge in [0.15, 0.2) is 0 Å². The first-order valence-electron chi connectivity index (χ1n) is 8.68. The molecule has 7 heteroatoms. The highest BCUT2D eigenvalue weighted by Crippen LogP contribution is 2.25. The molecule has 25 heavy (non-hydrogen) atoms. The molecule has 3 rings (SSSR count). The number of carbonyl (C=O) groups is 2. The molecule has 2 aliphatic rings. The normalized spacial score (nSPS) is 21.4. The highest BCUT2D eigenvalue weighted by molar-refractivity contribution is 7.99. The first-order valence-corrected chi connectivity index (χ1v) is 9.83. The van der Waals surface area contributed by atoms with Crippen molar-refractivity contribution >= 4 is 23.6 Å². The molecule has 1 unspecified atom stereocenters. The third-order valence-corrected chi connectivity index (χ3v) is 5.91. The van der Waals surface area contributed by atoms with Crippen LogP contribution in [0.25, 0.3) is 0 Å². The van der Waals surface area contributed by atoms with Crippen LogP contribution in [0.3, 0.4) is 0 Å². The van der Waals surface area contributed by atoms with E-state index in [1.165, 1.54) is 0 Å².